The van der Waals surface area contributed by atoms with Crippen molar-refractivity contribution in [3.63, 3.8) is 0 Å². The number of rotatable bonds is 2. The largest absolute Gasteiger partial charge is 0.260 e. The van der Waals surface area contributed by atoms with Gasteiger partial charge in [-0.15, -0.1) is 0 Å². The number of pyridine rings is 1. The van der Waals surface area contributed by atoms with Gasteiger partial charge in [0.15, 0.2) is 0 Å². The molecule has 0 radical (unpaired) electrons. The van der Waals surface area contributed by atoms with Gasteiger partial charge in [0.05, 0.1) is 17.3 Å². The maximum absolute atomic E-state index is 4.71. The van der Waals surface area contributed by atoms with Crippen LogP contribution in [-0.4, -0.2) is 18.0 Å². The minimum absolute atomic E-state index is 0.0866. The van der Waals surface area contributed by atoms with Gasteiger partial charge in [-0.2, -0.15) is 11.3 Å². The zero-order valence-corrected chi connectivity index (χ0v) is 14.0. The van der Waals surface area contributed by atoms with Crippen LogP contribution >= 0.6 is 11.3 Å². The summed E-state index contributed by atoms with van der Waals surface area (Å²) in [5.74, 6) is 0.318. The molecule has 3 aliphatic carbocycles. The Balaban J connectivity index is 1.85. The lowest BCUT2D eigenvalue weighted by atomic mass is 9.64. The number of benzene rings is 1. The van der Waals surface area contributed by atoms with Gasteiger partial charge >= 0.3 is 0 Å². The van der Waals surface area contributed by atoms with E-state index < -0.39 is 0 Å². The van der Waals surface area contributed by atoms with Crippen molar-refractivity contribution >= 4 is 35.2 Å². The van der Waals surface area contributed by atoms with Gasteiger partial charge < -0.3 is 0 Å². The Hall–Kier alpha value is -2.59. The second-order valence-corrected chi connectivity index (χ2v) is 7.06. The summed E-state index contributed by atoms with van der Waals surface area (Å²) in [6, 6.07) is 8.91. The number of nitrogens with zero attached hydrogens (tertiary/aromatic N) is 3. The van der Waals surface area contributed by atoms with Crippen molar-refractivity contribution in [2.75, 3.05) is 0 Å². The highest BCUT2D eigenvalue weighted by atomic mass is 32.1. The third-order valence-corrected chi connectivity index (χ3v) is 5.93. The molecule has 2 atom stereocenters. The van der Waals surface area contributed by atoms with E-state index in [9.17, 15) is 0 Å². The first-order valence-electron chi connectivity index (χ1n) is 7.93. The second kappa shape index (κ2) is 4.95. The topological polar surface area (TPSA) is 37.6 Å². The number of aromatic nitrogens is 1. The fraction of sp³-hybridized carbons (Fsp3) is 0.150. The van der Waals surface area contributed by atoms with E-state index in [0.717, 1.165) is 11.4 Å². The van der Waals surface area contributed by atoms with E-state index in [4.69, 9.17) is 4.98 Å². The minimum atomic E-state index is 0.0866. The number of hydrogen-bond acceptors (Lipinski definition) is 3. The van der Waals surface area contributed by atoms with Crippen LogP contribution in [0.25, 0.3) is 10.8 Å². The maximum atomic E-state index is 4.71. The predicted octanol–water partition coefficient (Wildman–Crippen LogP) is 4.89. The quantitative estimate of drug-likeness (QED) is 0.487. The van der Waals surface area contributed by atoms with E-state index in [-0.39, 0.29) is 11.8 Å². The van der Waals surface area contributed by atoms with E-state index in [1.54, 1.807) is 17.7 Å². The minimum Gasteiger partial charge on any atom is -0.260 e. The van der Waals surface area contributed by atoms with Crippen LogP contribution in [0.3, 0.4) is 0 Å². The molecule has 0 spiro atoms. The Morgan fingerprint density at radius 2 is 1.88 bits per heavy atom. The SMILES string of the molecule is C=NC=NC1=C(C)C2c3cc4cscc4cc3C1c1ncccc12. The van der Waals surface area contributed by atoms with Crippen LogP contribution in [0.1, 0.15) is 41.1 Å². The van der Waals surface area contributed by atoms with E-state index in [2.05, 4.69) is 52.6 Å². The molecule has 3 aromatic rings. The summed E-state index contributed by atoms with van der Waals surface area (Å²) >= 11 is 1.75. The lowest BCUT2D eigenvalue weighted by molar-refractivity contribution is 0.699. The van der Waals surface area contributed by atoms with Crippen molar-refractivity contribution in [3.8, 4) is 0 Å². The van der Waals surface area contributed by atoms with Gasteiger partial charge in [-0.1, -0.05) is 6.07 Å². The molecule has 0 saturated carbocycles. The van der Waals surface area contributed by atoms with Gasteiger partial charge in [0.1, 0.15) is 6.34 Å². The molecule has 0 saturated heterocycles. The number of allylic oxidation sites excluding steroid dienone is 2. The molecule has 0 amide bonds. The lowest BCUT2D eigenvalue weighted by Gasteiger charge is -2.40. The zero-order chi connectivity index (χ0) is 16.3. The molecule has 116 valence electrons. The Morgan fingerprint density at radius 3 is 2.62 bits per heavy atom. The zero-order valence-electron chi connectivity index (χ0n) is 13.2. The summed E-state index contributed by atoms with van der Waals surface area (Å²) in [5, 5.41) is 7.05. The molecule has 2 unspecified atom stereocenters. The van der Waals surface area contributed by atoms with Crippen molar-refractivity contribution in [1.82, 2.24) is 4.98 Å². The first-order valence-corrected chi connectivity index (χ1v) is 8.87. The van der Waals surface area contributed by atoms with Crippen molar-refractivity contribution in [1.29, 1.82) is 0 Å². The lowest BCUT2D eigenvalue weighted by Crippen LogP contribution is -2.27. The average molecular weight is 329 g/mol. The molecule has 3 nitrogen and oxygen atoms in total. The fourth-order valence-electron chi connectivity index (χ4n) is 4.18. The normalized spacial score (nSPS) is 21.4. The van der Waals surface area contributed by atoms with Crippen molar-refractivity contribution < 1.29 is 0 Å². The molecule has 0 N–H and O–H groups in total. The van der Waals surface area contributed by atoms with Crippen LogP contribution in [0.2, 0.25) is 0 Å². The predicted molar refractivity (Wildman–Crippen MR) is 100 cm³/mol. The average Bonchev–Trinajstić information content (AvgIpc) is 3.06. The molecule has 3 aliphatic rings. The number of hydrogen-bond donors (Lipinski definition) is 0. The van der Waals surface area contributed by atoms with Gasteiger partial charge in [-0.3, -0.25) is 9.98 Å². The molecule has 2 heterocycles. The summed E-state index contributed by atoms with van der Waals surface area (Å²) in [7, 11) is 0. The van der Waals surface area contributed by atoms with Crippen LogP contribution in [0, 0.1) is 0 Å². The number of thiophene rings is 1. The highest BCUT2D eigenvalue weighted by Crippen LogP contribution is 2.55. The van der Waals surface area contributed by atoms with E-state index in [1.165, 1.54) is 33.0 Å². The second-order valence-electron chi connectivity index (χ2n) is 6.32. The first-order chi connectivity index (χ1) is 11.8. The summed E-state index contributed by atoms with van der Waals surface area (Å²) < 4.78 is 0. The molecule has 2 aromatic heterocycles. The maximum Gasteiger partial charge on any atom is 0.114 e. The number of aliphatic imine (C=N–C) groups is 2. The van der Waals surface area contributed by atoms with Gasteiger partial charge in [0.25, 0.3) is 0 Å². The highest BCUT2D eigenvalue weighted by Gasteiger charge is 2.42. The molecule has 24 heavy (non-hydrogen) atoms. The van der Waals surface area contributed by atoms with Crippen LogP contribution in [0.5, 0.6) is 0 Å². The van der Waals surface area contributed by atoms with E-state index in [1.807, 2.05) is 12.3 Å². The molecule has 6 rings (SSSR count). The summed E-state index contributed by atoms with van der Waals surface area (Å²) in [4.78, 5) is 13.1. The molecule has 4 heteroatoms. The van der Waals surface area contributed by atoms with Crippen LogP contribution < -0.4 is 0 Å². The Labute approximate surface area is 144 Å². The van der Waals surface area contributed by atoms with Crippen LogP contribution in [0.15, 0.2) is 62.5 Å². The standard InChI is InChI=1S/C20H15N3S/c1-11-17-14-4-3-5-22-20(14)18(19(11)23-10-21-2)16-7-13-9-24-8-12(13)6-15(16)17/h3-10,17-18H,2H2,1H3. The molecule has 2 bridgehead atoms. The smallest absolute Gasteiger partial charge is 0.114 e. The van der Waals surface area contributed by atoms with Crippen molar-refractivity contribution in [2.24, 2.45) is 9.98 Å². The molecule has 0 fully saturated rings. The number of fused-ring (bicyclic) bond motifs is 1. The Morgan fingerprint density at radius 1 is 1.12 bits per heavy atom. The van der Waals surface area contributed by atoms with Crippen LogP contribution in [-0.2, 0) is 0 Å². The molecular weight excluding hydrogens is 314 g/mol. The van der Waals surface area contributed by atoms with Crippen molar-refractivity contribution in [2.45, 2.75) is 18.8 Å². The summed E-state index contributed by atoms with van der Waals surface area (Å²) in [5.41, 5.74) is 7.54. The monoisotopic (exact) mass is 329 g/mol. The van der Waals surface area contributed by atoms with Gasteiger partial charge in [0.2, 0.25) is 0 Å². The first kappa shape index (κ1) is 13.8. The van der Waals surface area contributed by atoms with Gasteiger partial charge in [0, 0.05) is 12.1 Å². The molecular formula is C20H15N3S. The third kappa shape index (κ3) is 1.69. The molecule has 1 aromatic carbocycles. The van der Waals surface area contributed by atoms with Gasteiger partial charge in [-0.05, 0) is 75.6 Å². The van der Waals surface area contributed by atoms with Crippen molar-refractivity contribution in [3.05, 3.63) is 74.9 Å². The summed E-state index contributed by atoms with van der Waals surface area (Å²) in [6.45, 7) is 5.70. The van der Waals surface area contributed by atoms with E-state index in [0.29, 0.717) is 0 Å². The fourth-order valence-corrected chi connectivity index (χ4v) is 4.95. The Bertz CT molecular complexity index is 1060. The van der Waals surface area contributed by atoms with Gasteiger partial charge in [-0.25, -0.2) is 4.99 Å². The highest BCUT2D eigenvalue weighted by molar-refractivity contribution is 7.09. The summed E-state index contributed by atoms with van der Waals surface area (Å²) in [6.07, 6.45) is 3.43. The van der Waals surface area contributed by atoms with Crippen LogP contribution in [0.4, 0.5) is 0 Å². The third-order valence-electron chi connectivity index (χ3n) is 5.15. The molecule has 0 aliphatic heterocycles. The van der Waals surface area contributed by atoms with E-state index >= 15 is 0 Å². The Kier molecular flexibility index (Phi) is 2.85.